The van der Waals surface area contributed by atoms with Crippen LogP contribution in [0.4, 0.5) is 0 Å². The smallest absolute Gasteiger partial charge is 0.242 e. The molecule has 0 aliphatic carbocycles. The number of carbonyl (C=O) groups is 2. The molecule has 0 saturated heterocycles. The fourth-order valence-corrected chi connectivity index (χ4v) is 1.57. The van der Waals surface area contributed by atoms with Crippen molar-refractivity contribution in [3.05, 3.63) is 34.9 Å². The van der Waals surface area contributed by atoms with Gasteiger partial charge in [0.25, 0.3) is 0 Å². The van der Waals surface area contributed by atoms with Crippen molar-refractivity contribution in [2.45, 2.75) is 25.4 Å². The van der Waals surface area contributed by atoms with Crippen molar-refractivity contribution in [2.24, 2.45) is 11.5 Å². The molecule has 0 aromatic heterocycles. The second-order valence-electron chi connectivity index (χ2n) is 4.48. The van der Waals surface area contributed by atoms with Crippen molar-refractivity contribution >= 4 is 23.4 Å². The molecule has 6 heteroatoms. The lowest BCUT2D eigenvalue weighted by molar-refractivity contribution is -0.131. The highest BCUT2D eigenvalue weighted by Crippen LogP contribution is 2.21. The van der Waals surface area contributed by atoms with E-state index in [9.17, 15) is 9.59 Å². The summed E-state index contributed by atoms with van der Waals surface area (Å²) in [5.74, 6) is -1.14. The van der Waals surface area contributed by atoms with E-state index in [1.807, 2.05) is 0 Å². The highest BCUT2D eigenvalue weighted by molar-refractivity contribution is 6.31. The highest BCUT2D eigenvalue weighted by Gasteiger charge is 2.30. The van der Waals surface area contributed by atoms with E-state index < -0.39 is 23.4 Å². The van der Waals surface area contributed by atoms with Crippen molar-refractivity contribution in [2.75, 3.05) is 0 Å². The lowest BCUT2D eigenvalue weighted by atomic mass is 10.0. The molecule has 5 N–H and O–H groups in total. The molecule has 1 aromatic rings. The van der Waals surface area contributed by atoms with Gasteiger partial charge in [-0.15, -0.1) is 0 Å². The zero-order chi connectivity index (χ0) is 13.9. The Morgan fingerprint density at radius 2 is 1.89 bits per heavy atom. The van der Waals surface area contributed by atoms with E-state index in [1.165, 1.54) is 13.8 Å². The van der Waals surface area contributed by atoms with Gasteiger partial charge in [-0.1, -0.05) is 29.8 Å². The van der Waals surface area contributed by atoms with Crippen LogP contribution in [0.2, 0.25) is 5.02 Å². The molecule has 0 bridgehead atoms. The van der Waals surface area contributed by atoms with Gasteiger partial charge in [-0.3, -0.25) is 9.59 Å². The zero-order valence-corrected chi connectivity index (χ0v) is 11.0. The van der Waals surface area contributed by atoms with Crippen LogP contribution in [0, 0.1) is 0 Å². The first-order valence-corrected chi connectivity index (χ1v) is 5.75. The molecule has 0 aliphatic heterocycles. The molecule has 5 nitrogen and oxygen atoms in total. The van der Waals surface area contributed by atoms with E-state index >= 15 is 0 Å². The molecule has 0 spiro atoms. The third kappa shape index (κ3) is 3.21. The number of nitrogens with two attached hydrogens (primary N) is 2. The summed E-state index contributed by atoms with van der Waals surface area (Å²) in [7, 11) is 0. The van der Waals surface area contributed by atoms with Crippen molar-refractivity contribution in [3.63, 3.8) is 0 Å². The second kappa shape index (κ2) is 5.37. The Hall–Kier alpha value is -1.59. The summed E-state index contributed by atoms with van der Waals surface area (Å²) in [4.78, 5) is 23.0. The SMILES string of the molecule is CC(C)(NC(=O)C(N)c1ccccc1Cl)C(N)=O. The second-order valence-corrected chi connectivity index (χ2v) is 4.88. The van der Waals surface area contributed by atoms with Crippen molar-refractivity contribution in [1.29, 1.82) is 0 Å². The van der Waals surface area contributed by atoms with Crippen LogP contribution in [0.25, 0.3) is 0 Å². The molecule has 1 rings (SSSR count). The zero-order valence-electron chi connectivity index (χ0n) is 10.2. The molecule has 18 heavy (non-hydrogen) atoms. The van der Waals surface area contributed by atoms with Crippen LogP contribution in [0.15, 0.2) is 24.3 Å². The number of rotatable bonds is 4. The summed E-state index contributed by atoms with van der Waals surface area (Å²) in [5, 5.41) is 2.88. The molecule has 1 unspecified atom stereocenters. The van der Waals surface area contributed by atoms with Crippen molar-refractivity contribution < 1.29 is 9.59 Å². The van der Waals surface area contributed by atoms with E-state index in [0.29, 0.717) is 10.6 Å². The maximum absolute atomic E-state index is 11.9. The topological polar surface area (TPSA) is 98.2 Å². The van der Waals surface area contributed by atoms with Crippen LogP contribution in [0.5, 0.6) is 0 Å². The molecule has 1 aromatic carbocycles. The van der Waals surface area contributed by atoms with E-state index in [2.05, 4.69) is 5.32 Å². The third-order valence-corrected chi connectivity index (χ3v) is 2.92. The van der Waals surface area contributed by atoms with Crippen LogP contribution >= 0.6 is 11.6 Å². The Balaban J connectivity index is 2.86. The minimum atomic E-state index is -1.16. The van der Waals surface area contributed by atoms with E-state index in [1.54, 1.807) is 24.3 Å². The average Bonchev–Trinajstić information content (AvgIpc) is 2.28. The monoisotopic (exact) mass is 269 g/mol. The standard InChI is InChI=1S/C12H16ClN3O2/c1-12(2,11(15)18)16-10(17)9(14)7-5-3-4-6-8(7)13/h3-6,9H,14H2,1-2H3,(H2,15,18)(H,16,17). The fourth-order valence-electron chi connectivity index (χ4n) is 1.32. The number of primary amides is 1. The Morgan fingerprint density at radius 1 is 1.33 bits per heavy atom. The molecule has 0 radical (unpaired) electrons. The summed E-state index contributed by atoms with van der Waals surface area (Å²) in [6.45, 7) is 3.01. The minimum Gasteiger partial charge on any atom is -0.368 e. The quantitative estimate of drug-likeness (QED) is 0.751. The van der Waals surface area contributed by atoms with Crippen LogP contribution < -0.4 is 16.8 Å². The lowest BCUT2D eigenvalue weighted by Crippen LogP contribution is -2.55. The summed E-state index contributed by atoms with van der Waals surface area (Å²) < 4.78 is 0. The molecular formula is C12H16ClN3O2. The number of hydrogen-bond acceptors (Lipinski definition) is 3. The van der Waals surface area contributed by atoms with Gasteiger partial charge in [-0.25, -0.2) is 0 Å². The number of hydrogen-bond donors (Lipinski definition) is 3. The molecule has 98 valence electrons. The summed E-state index contributed by atoms with van der Waals surface area (Å²) in [6, 6.07) is 5.82. The van der Waals surface area contributed by atoms with Gasteiger partial charge in [0.2, 0.25) is 11.8 Å². The number of carbonyl (C=O) groups excluding carboxylic acids is 2. The van der Waals surface area contributed by atoms with E-state index in [0.717, 1.165) is 0 Å². The first-order valence-electron chi connectivity index (χ1n) is 5.37. The Bertz CT molecular complexity index is 474. The molecular weight excluding hydrogens is 254 g/mol. The first kappa shape index (κ1) is 14.5. The summed E-state index contributed by atoms with van der Waals surface area (Å²) in [6.07, 6.45) is 0. The summed E-state index contributed by atoms with van der Waals surface area (Å²) >= 11 is 5.95. The normalized spacial score (nSPS) is 12.9. The van der Waals surface area contributed by atoms with Gasteiger partial charge < -0.3 is 16.8 Å². The minimum absolute atomic E-state index is 0.400. The molecule has 0 saturated carbocycles. The van der Waals surface area contributed by atoms with Crippen molar-refractivity contribution in [3.8, 4) is 0 Å². The largest absolute Gasteiger partial charge is 0.368 e. The maximum atomic E-state index is 11.9. The molecule has 1 atom stereocenters. The van der Waals surface area contributed by atoms with Crippen molar-refractivity contribution in [1.82, 2.24) is 5.32 Å². The first-order chi connectivity index (χ1) is 8.25. The van der Waals surface area contributed by atoms with Crippen LogP contribution in [-0.2, 0) is 9.59 Å². The Kier molecular flexibility index (Phi) is 4.32. The van der Waals surface area contributed by atoms with Gasteiger partial charge >= 0.3 is 0 Å². The van der Waals surface area contributed by atoms with Crippen LogP contribution in [-0.4, -0.2) is 17.4 Å². The van der Waals surface area contributed by atoms with Gasteiger partial charge in [0, 0.05) is 5.02 Å². The van der Waals surface area contributed by atoms with Crippen LogP contribution in [0.3, 0.4) is 0 Å². The number of benzene rings is 1. The van der Waals surface area contributed by atoms with E-state index in [4.69, 9.17) is 23.1 Å². The number of halogens is 1. The van der Waals surface area contributed by atoms with Gasteiger partial charge in [-0.05, 0) is 25.5 Å². The van der Waals surface area contributed by atoms with Gasteiger partial charge in [0.1, 0.15) is 11.6 Å². The van der Waals surface area contributed by atoms with Gasteiger partial charge in [0.05, 0.1) is 0 Å². The third-order valence-electron chi connectivity index (χ3n) is 2.57. The van der Waals surface area contributed by atoms with Crippen LogP contribution in [0.1, 0.15) is 25.5 Å². The highest BCUT2D eigenvalue weighted by atomic mass is 35.5. The fraction of sp³-hybridized carbons (Fsp3) is 0.333. The Morgan fingerprint density at radius 3 is 2.39 bits per heavy atom. The number of amides is 2. The molecule has 0 fully saturated rings. The predicted octanol–water partition coefficient (Wildman–Crippen LogP) is 0.720. The summed E-state index contributed by atoms with van der Waals surface area (Å²) in [5.41, 5.74) is 10.3. The predicted molar refractivity (Wildman–Crippen MR) is 69.8 cm³/mol. The van der Waals surface area contributed by atoms with E-state index in [-0.39, 0.29) is 0 Å². The lowest BCUT2D eigenvalue weighted by Gasteiger charge is -2.24. The maximum Gasteiger partial charge on any atom is 0.242 e. The van der Waals surface area contributed by atoms with Gasteiger partial charge in [0.15, 0.2) is 0 Å². The molecule has 0 heterocycles. The molecule has 2 amide bonds. The average molecular weight is 270 g/mol. The number of nitrogens with one attached hydrogen (secondary N) is 1. The Labute approximate surface area is 110 Å². The van der Waals surface area contributed by atoms with Gasteiger partial charge in [-0.2, -0.15) is 0 Å². The molecule has 0 aliphatic rings.